The molecule has 1 aliphatic heterocycles. The first-order chi connectivity index (χ1) is 22.4. The highest BCUT2D eigenvalue weighted by Gasteiger charge is 2.41. The molecule has 0 bridgehead atoms. The van der Waals surface area contributed by atoms with Crippen molar-refractivity contribution in [2.24, 2.45) is 17.5 Å². The summed E-state index contributed by atoms with van der Waals surface area (Å²) >= 11 is 0. The number of primary amides is 1. The first-order valence-electron chi connectivity index (χ1n) is 14.8. The minimum absolute atomic E-state index is 0.0762. The third kappa shape index (κ3) is 12.2. The maximum atomic E-state index is 13.6. The van der Waals surface area contributed by atoms with Crippen LogP contribution in [-0.4, -0.2) is 121 Å². The fourth-order valence-corrected chi connectivity index (χ4v) is 5.53. The highest BCUT2D eigenvalue weighted by Crippen LogP contribution is 2.38. The number of hydrogen-bond acceptors (Lipinski definition) is 12. The molecule has 1 aliphatic rings. The maximum absolute atomic E-state index is 13.6. The Hall–Kier alpha value is -3.98. The van der Waals surface area contributed by atoms with E-state index in [-0.39, 0.29) is 31.7 Å². The quantitative estimate of drug-likeness (QED) is 0.0512. The SMILES string of the molecule is CC(=O)N1C[C@@H](ON)C[C@H]1C(=O)N[C@@H](CC(C)C)C(=O)N[C@@H](Cc1cnc[nH]1)C(=O)N[C@@H](CO)C(=O)N[C@H](C(N)=O)[C@@H](C)OP(=O)(O)O. The third-order valence-corrected chi connectivity index (χ3v) is 7.91. The van der Waals surface area contributed by atoms with Gasteiger partial charge in [-0.15, -0.1) is 0 Å². The average Bonchev–Trinajstić information content (AvgIpc) is 3.66. The Morgan fingerprint density at radius 1 is 1.04 bits per heavy atom. The lowest BCUT2D eigenvalue weighted by Gasteiger charge is -2.28. The Labute approximate surface area is 275 Å². The highest BCUT2D eigenvalue weighted by molar-refractivity contribution is 7.46. The number of nitrogens with one attached hydrogen (secondary N) is 5. The lowest BCUT2D eigenvalue weighted by Crippen LogP contribution is -2.61. The molecular weight excluding hydrogens is 661 g/mol. The number of nitrogens with zero attached hydrogens (tertiary/aromatic N) is 2. The fraction of sp³-hybridized carbons (Fsp3) is 0.654. The van der Waals surface area contributed by atoms with Gasteiger partial charge in [-0.05, 0) is 19.3 Å². The van der Waals surface area contributed by atoms with E-state index in [1.54, 1.807) is 13.8 Å². The van der Waals surface area contributed by atoms with Gasteiger partial charge in [0.1, 0.15) is 30.2 Å². The Morgan fingerprint density at radius 3 is 2.15 bits per heavy atom. The summed E-state index contributed by atoms with van der Waals surface area (Å²) < 4.78 is 15.6. The van der Waals surface area contributed by atoms with E-state index in [1.165, 1.54) is 24.3 Å². The molecule has 0 aliphatic carbocycles. The number of carbonyl (C=O) groups excluding carboxylic acids is 6. The first-order valence-corrected chi connectivity index (χ1v) is 16.3. The van der Waals surface area contributed by atoms with Crippen LogP contribution in [0, 0.1) is 5.92 Å². The molecule has 1 saturated heterocycles. The lowest BCUT2D eigenvalue weighted by atomic mass is 10.0. The number of imidazole rings is 1. The van der Waals surface area contributed by atoms with Crippen molar-refractivity contribution in [1.29, 1.82) is 0 Å². The summed E-state index contributed by atoms with van der Waals surface area (Å²) in [5.74, 6) is -0.0378. The second kappa shape index (κ2) is 18.0. The minimum atomic E-state index is -5.09. The molecule has 6 amide bonds. The molecule has 22 heteroatoms. The molecule has 21 nitrogen and oxygen atoms in total. The van der Waals surface area contributed by atoms with Gasteiger partial charge in [0.25, 0.3) is 0 Å². The van der Waals surface area contributed by atoms with Gasteiger partial charge in [0.05, 0.1) is 25.1 Å². The van der Waals surface area contributed by atoms with Crippen LogP contribution >= 0.6 is 7.82 Å². The number of carbonyl (C=O) groups is 6. The minimum Gasteiger partial charge on any atom is -0.394 e. The van der Waals surface area contributed by atoms with Crippen molar-refractivity contribution in [3.63, 3.8) is 0 Å². The van der Waals surface area contributed by atoms with Crippen LogP contribution in [-0.2, 0) is 49.1 Å². The monoisotopic (exact) mass is 705 g/mol. The number of phosphoric acid groups is 1. The number of likely N-dealkylation sites (tertiary alicyclic amines) is 1. The van der Waals surface area contributed by atoms with Crippen molar-refractivity contribution >= 4 is 43.3 Å². The van der Waals surface area contributed by atoms with E-state index in [0.717, 1.165) is 6.92 Å². The van der Waals surface area contributed by atoms with Gasteiger partial charge in [0, 0.05) is 38.2 Å². The molecule has 12 N–H and O–H groups in total. The molecule has 0 spiro atoms. The second-order valence-corrected chi connectivity index (χ2v) is 12.8. The Kier molecular flexibility index (Phi) is 15.0. The van der Waals surface area contributed by atoms with Crippen LogP contribution in [0.4, 0.5) is 0 Å². The van der Waals surface area contributed by atoms with Crippen molar-refractivity contribution in [1.82, 2.24) is 36.1 Å². The molecule has 7 atom stereocenters. The zero-order chi connectivity index (χ0) is 36.3. The number of amides is 6. The summed E-state index contributed by atoms with van der Waals surface area (Å²) in [6.45, 7) is 5.00. The molecule has 270 valence electrons. The van der Waals surface area contributed by atoms with E-state index >= 15 is 0 Å². The van der Waals surface area contributed by atoms with E-state index in [2.05, 4.69) is 35.8 Å². The standard InChI is InChI=1S/C26H44N9O12P/c1-12(2)5-17(32-26(42)20-7-16(46-28)9-35(20)14(4)37)23(39)31-18(6-15-8-29-11-30-15)24(40)33-19(10-36)25(41)34-21(22(27)38)13(3)47-48(43,44)45/h8,11-13,16-21,36H,5-7,9-10,28H2,1-4H3,(H2,27,38)(H,29,30)(H,31,39)(H,32,42)(H,33,40)(H,34,41)(H2,43,44,45)/t13-,16+,17+,18+,19+,20+,21+/m1/s1. The van der Waals surface area contributed by atoms with E-state index in [4.69, 9.17) is 26.3 Å². The summed E-state index contributed by atoms with van der Waals surface area (Å²) in [5, 5.41) is 19.4. The van der Waals surface area contributed by atoms with E-state index < -0.39 is 92.3 Å². The summed E-state index contributed by atoms with van der Waals surface area (Å²) in [7, 11) is -5.09. The molecule has 48 heavy (non-hydrogen) atoms. The van der Waals surface area contributed by atoms with Gasteiger partial charge in [0.2, 0.25) is 35.4 Å². The number of rotatable bonds is 18. The zero-order valence-corrected chi connectivity index (χ0v) is 27.7. The average molecular weight is 706 g/mol. The molecule has 1 fully saturated rings. The molecule has 2 rings (SSSR count). The van der Waals surface area contributed by atoms with E-state index in [1.807, 2.05) is 0 Å². The molecule has 0 saturated carbocycles. The van der Waals surface area contributed by atoms with Crippen molar-refractivity contribution in [3.8, 4) is 0 Å². The summed E-state index contributed by atoms with van der Waals surface area (Å²) in [6.07, 6.45) is 0.530. The van der Waals surface area contributed by atoms with Crippen LogP contribution in [0.2, 0.25) is 0 Å². The van der Waals surface area contributed by atoms with Crippen molar-refractivity contribution in [2.45, 2.75) is 89.4 Å². The largest absolute Gasteiger partial charge is 0.469 e. The number of nitrogens with two attached hydrogens (primary N) is 2. The van der Waals surface area contributed by atoms with Gasteiger partial charge in [-0.2, -0.15) is 0 Å². The molecule has 1 aromatic rings. The first kappa shape index (κ1) is 40.2. The Balaban J connectivity index is 2.25. The van der Waals surface area contributed by atoms with Crippen molar-refractivity contribution < 1.29 is 57.6 Å². The van der Waals surface area contributed by atoms with Crippen LogP contribution in [0.3, 0.4) is 0 Å². The van der Waals surface area contributed by atoms with E-state index in [9.17, 15) is 38.4 Å². The summed E-state index contributed by atoms with van der Waals surface area (Å²) in [6, 6.07) is -7.06. The smallest absolute Gasteiger partial charge is 0.394 e. The predicted molar refractivity (Wildman–Crippen MR) is 163 cm³/mol. The number of aliphatic hydroxyl groups is 1. The lowest BCUT2D eigenvalue weighted by molar-refractivity contribution is -0.139. The topological polar surface area (TPSA) is 331 Å². The summed E-state index contributed by atoms with van der Waals surface area (Å²) in [4.78, 5) is 108. The molecule has 0 aromatic carbocycles. The van der Waals surface area contributed by atoms with Crippen LogP contribution in [0.25, 0.3) is 0 Å². The van der Waals surface area contributed by atoms with Gasteiger partial charge in [-0.1, -0.05) is 13.8 Å². The highest BCUT2D eigenvalue weighted by atomic mass is 31.2. The fourth-order valence-electron chi connectivity index (χ4n) is 4.98. The van der Waals surface area contributed by atoms with Crippen molar-refractivity contribution in [3.05, 3.63) is 18.2 Å². The van der Waals surface area contributed by atoms with Crippen molar-refractivity contribution in [2.75, 3.05) is 13.2 Å². The van der Waals surface area contributed by atoms with Crippen LogP contribution in [0.5, 0.6) is 0 Å². The number of aromatic nitrogens is 2. The molecule has 1 aromatic heterocycles. The Bertz CT molecular complexity index is 1340. The molecule has 2 heterocycles. The number of H-pyrrole nitrogens is 1. The number of phosphoric ester groups is 1. The zero-order valence-electron chi connectivity index (χ0n) is 26.8. The van der Waals surface area contributed by atoms with Gasteiger partial charge in [-0.25, -0.2) is 15.4 Å². The third-order valence-electron chi connectivity index (χ3n) is 7.31. The van der Waals surface area contributed by atoms with Crippen LogP contribution in [0.15, 0.2) is 12.5 Å². The molecule has 0 radical (unpaired) electrons. The normalized spacial score (nSPS) is 19.5. The Morgan fingerprint density at radius 2 is 1.65 bits per heavy atom. The van der Waals surface area contributed by atoms with Crippen LogP contribution in [0.1, 0.15) is 46.2 Å². The van der Waals surface area contributed by atoms with Crippen LogP contribution < -0.4 is 32.9 Å². The van der Waals surface area contributed by atoms with Gasteiger partial charge in [-0.3, -0.25) is 38.1 Å². The number of aliphatic hydroxyl groups excluding tert-OH is 1. The number of hydrogen-bond donors (Lipinski definition) is 10. The molecule has 0 unspecified atom stereocenters. The van der Waals surface area contributed by atoms with Gasteiger partial charge >= 0.3 is 7.82 Å². The second-order valence-electron chi connectivity index (χ2n) is 11.6. The maximum Gasteiger partial charge on any atom is 0.469 e. The predicted octanol–water partition coefficient (Wildman–Crippen LogP) is -4.21. The summed E-state index contributed by atoms with van der Waals surface area (Å²) in [5.41, 5.74) is 5.63. The van der Waals surface area contributed by atoms with Gasteiger partial charge in [0.15, 0.2) is 0 Å². The molecular formula is C26H44N9O12P. The number of aromatic amines is 1. The van der Waals surface area contributed by atoms with Gasteiger partial charge < -0.3 is 51.8 Å². The van der Waals surface area contributed by atoms with E-state index in [0.29, 0.717) is 5.69 Å².